The highest BCUT2D eigenvalue weighted by Gasteiger charge is 2.23. The molecule has 1 fully saturated rings. The minimum Gasteiger partial charge on any atom is -0.497 e. The summed E-state index contributed by atoms with van der Waals surface area (Å²) in [5.41, 5.74) is 2.52. The zero-order valence-electron chi connectivity index (χ0n) is 19.0. The first kappa shape index (κ1) is 22.2. The molecule has 4 aromatic rings. The Morgan fingerprint density at radius 1 is 0.971 bits per heavy atom. The number of ether oxygens (including phenoxy) is 1. The lowest BCUT2D eigenvalue weighted by molar-refractivity contribution is 0.313. The van der Waals surface area contributed by atoms with E-state index < -0.39 is 9.84 Å². The summed E-state index contributed by atoms with van der Waals surface area (Å²) >= 11 is 0. The van der Waals surface area contributed by atoms with Crippen molar-refractivity contribution in [3.63, 3.8) is 0 Å². The quantitative estimate of drug-likeness (QED) is 0.452. The second-order valence-electron chi connectivity index (χ2n) is 8.20. The molecule has 1 saturated heterocycles. The van der Waals surface area contributed by atoms with Crippen LogP contribution in [-0.2, 0) is 9.84 Å². The molecule has 0 unspecified atom stereocenters. The first-order valence-corrected chi connectivity index (χ1v) is 12.5. The van der Waals surface area contributed by atoms with E-state index in [-0.39, 0.29) is 9.92 Å². The third-order valence-electron chi connectivity index (χ3n) is 5.99. The molecule has 2 aromatic heterocycles. The average molecular weight is 479 g/mol. The van der Waals surface area contributed by atoms with Gasteiger partial charge in [0.05, 0.1) is 35.1 Å². The van der Waals surface area contributed by atoms with Crippen molar-refractivity contribution < 1.29 is 13.2 Å². The molecule has 1 aliphatic heterocycles. The molecular formula is C24H26N6O3S. The van der Waals surface area contributed by atoms with Crippen LogP contribution in [-0.4, -0.2) is 68.3 Å². The van der Waals surface area contributed by atoms with Gasteiger partial charge in [-0.2, -0.15) is 0 Å². The van der Waals surface area contributed by atoms with Crippen LogP contribution >= 0.6 is 0 Å². The zero-order valence-corrected chi connectivity index (χ0v) is 19.9. The van der Waals surface area contributed by atoms with Crippen LogP contribution < -0.4 is 15.0 Å². The number of likely N-dealkylation sites (N-methyl/N-ethyl adjacent to an activating group) is 1. The number of nitrogens with one attached hydrogen (secondary N) is 1. The number of benzene rings is 2. The molecule has 176 valence electrons. The fourth-order valence-electron chi connectivity index (χ4n) is 4.05. The van der Waals surface area contributed by atoms with Crippen molar-refractivity contribution in [1.82, 2.24) is 19.5 Å². The Bertz CT molecular complexity index is 1430. The van der Waals surface area contributed by atoms with Gasteiger partial charge < -0.3 is 19.9 Å². The number of piperazine rings is 1. The summed E-state index contributed by atoms with van der Waals surface area (Å²) in [6.45, 7) is 3.84. The molecule has 3 heterocycles. The van der Waals surface area contributed by atoms with Crippen molar-refractivity contribution in [2.45, 2.75) is 9.92 Å². The first-order valence-electron chi connectivity index (χ1n) is 11.0. The Hall–Kier alpha value is -3.63. The van der Waals surface area contributed by atoms with Crippen molar-refractivity contribution in [3.05, 3.63) is 66.9 Å². The Kier molecular flexibility index (Phi) is 5.84. The number of rotatable bonds is 6. The van der Waals surface area contributed by atoms with Crippen LogP contribution in [0.1, 0.15) is 0 Å². The second-order valence-corrected chi connectivity index (χ2v) is 10.1. The number of hydrogen-bond donors (Lipinski definition) is 1. The van der Waals surface area contributed by atoms with Gasteiger partial charge >= 0.3 is 0 Å². The van der Waals surface area contributed by atoms with Crippen molar-refractivity contribution in [1.29, 1.82) is 0 Å². The maximum atomic E-state index is 13.4. The van der Waals surface area contributed by atoms with Crippen LogP contribution in [0.25, 0.3) is 5.52 Å². The Morgan fingerprint density at radius 2 is 1.76 bits per heavy atom. The number of hydrogen-bond acceptors (Lipinski definition) is 8. The van der Waals surface area contributed by atoms with Gasteiger partial charge in [-0.15, -0.1) is 5.10 Å². The first-order chi connectivity index (χ1) is 16.5. The smallest absolute Gasteiger partial charge is 0.245 e. The highest BCUT2D eigenvalue weighted by molar-refractivity contribution is 7.91. The van der Waals surface area contributed by atoms with Crippen LogP contribution in [0.2, 0.25) is 0 Å². The van der Waals surface area contributed by atoms with E-state index in [9.17, 15) is 8.42 Å². The fourth-order valence-corrected chi connectivity index (χ4v) is 5.44. The zero-order chi connectivity index (χ0) is 23.7. The maximum Gasteiger partial charge on any atom is 0.245 e. The monoisotopic (exact) mass is 478 g/mol. The van der Waals surface area contributed by atoms with E-state index in [1.165, 1.54) is 17.7 Å². The Morgan fingerprint density at radius 3 is 2.56 bits per heavy atom. The number of aromatic nitrogens is 3. The number of para-hydroxylation sites is 2. The summed E-state index contributed by atoms with van der Waals surface area (Å²) in [5, 5.41) is 7.87. The average Bonchev–Trinajstić information content (AvgIpc) is 3.29. The van der Waals surface area contributed by atoms with E-state index in [1.54, 1.807) is 36.5 Å². The van der Waals surface area contributed by atoms with E-state index in [0.29, 0.717) is 17.2 Å². The van der Waals surface area contributed by atoms with E-state index >= 15 is 0 Å². The summed E-state index contributed by atoms with van der Waals surface area (Å²) in [6, 6.07) is 17.6. The minimum atomic E-state index is -3.82. The lowest BCUT2D eigenvalue weighted by Crippen LogP contribution is -2.44. The summed E-state index contributed by atoms with van der Waals surface area (Å²) in [6.07, 6.45) is 1.61. The lowest BCUT2D eigenvalue weighted by atomic mass is 10.2. The molecule has 5 rings (SSSR count). The third-order valence-corrected chi connectivity index (χ3v) is 7.72. The molecule has 10 heteroatoms. The molecule has 2 aromatic carbocycles. The van der Waals surface area contributed by atoms with Gasteiger partial charge in [0.1, 0.15) is 5.75 Å². The molecule has 0 bridgehead atoms. The SMILES string of the molecule is COc1cccc(S(=O)(=O)c2ccc3cnc(Nc4ccccc4N4CCN(C)CC4)nn23)c1. The fraction of sp³-hybridized carbons (Fsp3) is 0.250. The molecule has 0 amide bonds. The number of fused-ring (bicyclic) bond motifs is 1. The van der Waals surface area contributed by atoms with E-state index in [0.717, 1.165) is 37.6 Å². The van der Waals surface area contributed by atoms with Gasteiger partial charge in [-0.05, 0) is 49.5 Å². The Balaban J connectivity index is 1.49. The van der Waals surface area contributed by atoms with E-state index in [4.69, 9.17) is 4.74 Å². The van der Waals surface area contributed by atoms with Gasteiger partial charge in [-0.3, -0.25) is 0 Å². The van der Waals surface area contributed by atoms with Crippen LogP contribution in [0.3, 0.4) is 0 Å². The molecule has 0 spiro atoms. The predicted octanol–water partition coefficient (Wildman–Crippen LogP) is 3.07. The van der Waals surface area contributed by atoms with Gasteiger partial charge in [0.25, 0.3) is 0 Å². The van der Waals surface area contributed by atoms with Crippen LogP contribution in [0.4, 0.5) is 17.3 Å². The van der Waals surface area contributed by atoms with E-state index in [1.807, 2.05) is 18.2 Å². The highest BCUT2D eigenvalue weighted by Crippen LogP contribution is 2.29. The highest BCUT2D eigenvalue weighted by atomic mass is 32.2. The number of sulfone groups is 1. The molecule has 0 atom stereocenters. The number of nitrogens with zero attached hydrogens (tertiary/aromatic N) is 5. The molecular weight excluding hydrogens is 452 g/mol. The Labute approximate surface area is 198 Å². The van der Waals surface area contributed by atoms with E-state index in [2.05, 4.69) is 38.3 Å². The summed E-state index contributed by atoms with van der Waals surface area (Å²) in [5.74, 6) is 0.784. The molecule has 0 saturated carbocycles. The van der Waals surface area contributed by atoms with Crippen molar-refractivity contribution in [3.8, 4) is 5.75 Å². The van der Waals surface area contributed by atoms with Gasteiger partial charge in [-0.1, -0.05) is 18.2 Å². The van der Waals surface area contributed by atoms with Crippen LogP contribution in [0.15, 0.2) is 76.8 Å². The van der Waals surface area contributed by atoms with Crippen molar-refractivity contribution >= 4 is 32.7 Å². The number of methoxy groups -OCH3 is 1. The van der Waals surface area contributed by atoms with Gasteiger partial charge in [0.2, 0.25) is 15.8 Å². The van der Waals surface area contributed by atoms with Crippen molar-refractivity contribution in [2.24, 2.45) is 0 Å². The maximum absolute atomic E-state index is 13.4. The summed E-state index contributed by atoms with van der Waals surface area (Å²) in [7, 11) is -0.196. The molecule has 0 radical (unpaired) electrons. The van der Waals surface area contributed by atoms with Gasteiger partial charge in [0, 0.05) is 26.2 Å². The molecule has 1 N–H and O–H groups in total. The molecule has 34 heavy (non-hydrogen) atoms. The number of anilines is 3. The van der Waals surface area contributed by atoms with Gasteiger partial charge in [0.15, 0.2) is 5.03 Å². The lowest BCUT2D eigenvalue weighted by Gasteiger charge is -2.35. The predicted molar refractivity (Wildman–Crippen MR) is 131 cm³/mol. The largest absolute Gasteiger partial charge is 0.497 e. The van der Waals surface area contributed by atoms with Crippen LogP contribution in [0, 0.1) is 0 Å². The van der Waals surface area contributed by atoms with Crippen molar-refractivity contribution in [2.75, 3.05) is 50.6 Å². The summed E-state index contributed by atoms with van der Waals surface area (Å²) in [4.78, 5) is 9.18. The molecule has 1 aliphatic rings. The van der Waals surface area contributed by atoms with Crippen LogP contribution in [0.5, 0.6) is 5.75 Å². The standard InChI is InChI=1S/C24H26N6O3S/c1-28-12-14-29(15-13-28)22-9-4-3-8-21(22)26-24-25-17-18-10-11-23(30(18)27-24)34(31,32)20-7-5-6-19(16-20)33-2/h3-11,16-17H,12-15H2,1-2H3,(H,26,27). The molecule has 0 aliphatic carbocycles. The molecule has 9 nitrogen and oxygen atoms in total. The third kappa shape index (κ3) is 4.17. The second kappa shape index (κ2) is 8.96. The summed E-state index contributed by atoms with van der Waals surface area (Å²) < 4.78 is 33.3. The normalized spacial score (nSPS) is 14.9. The minimum absolute atomic E-state index is 0.0635. The topological polar surface area (TPSA) is 92.1 Å². The van der Waals surface area contributed by atoms with Gasteiger partial charge in [-0.25, -0.2) is 17.9 Å².